The summed E-state index contributed by atoms with van der Waals surface area (Å²) in [5.74, 6) is 4.75. The Morgan fingerprint density at radius 2 is 0.927 bits per heavy atom. The van der Waals surface area contributed by atoms with Crippen molar-refractivity contribution >= 4 is 14.4 Å². The van der Waals surface area contributed by atoms with E-state index in [1.165, 1.54) is 136 Å². The molecule has 0 radical (unpaired) electrons. The molecule has 0 bridgehead atoms. The van der Waals surface area contributed by atoms with Gasteiger partial charge in [-0.2, -0.15) is 0 Å². The molecule has 2 nitrogen and oxygen atoms in total. The van der Waals surface area contributed by atoms with Crippen LogP contribution in [0.2, 0.25) is 0 Å². The maximum atomic E-state index is 11.6. The van der Waals surface area contributed by atoms with Gasteiger partial charge in [0.25, 0.3) is 0 Å². The van der Waals surface area contributed by atoms with Crippen molar-refractivity contribution in [2.75, 3.05) is 0 Å². The molecular weight excluding hydrogens is 707 g/mol. The molecule has 0 amide bonds. The zero-order valence-electron chi connectivity index (χ0n) is 25.6. The van der Waals surface area contributed by atoms with Gasteiger partial charge in [0.2, 0.25) is 0 Å². The topological polar surface area (TPSA) is 40.5 Å². The van der Waals surface area contributed by atoms with Crippen LogP contribution in [-0.2, 0) is 30.4 Å². The van der Waals surface area contributed by atoms with Crippen LogP contribution in [0.1, 0.15) is 148 Å². The summed E-state index contributed by atoms with van der Waals surface area (Å²) in [4.78, 5) is 0. The zero-order valence-corrected chi connectivity index (χ0v) is 30.8. The van der Waals surface area contributed by atoms with Crippen molar-refractivity contribution in [3.63, 3.8) is 0 Å². The Labute approximate surface area is 261 Å². The average molecular weight is 759 g/mol. The third kappa shape index (κ3) is 7.14. The second-order valence-electron chi connectivity index (χ2n) is 13.7. The van der Waals surface area contributed by atoms with Gasteiger partial charge in [-0.15, -0.1) is 0 Å². The molecule has 2 N–H and O–H groups in total. The first-order chi connectivity index (χ1) is 20.0. The first-order valence-electron chi connectivity index (χ1n) is 16.8. The van der Waals surface area contributed by atoms with E-state index >= 15 is 0 Å². The molecule has 3 unspecified atom stereocenters. The van der Waals surface area contributed by atoms with Crippen LogP contribution in [-0.4, -0.2) is 20.7 Å². The molecule has 4 aliphatic rings. The Morgan fingerprint density at radius 3 is 1.34 bits per heavy atom. The van der Waals surface area contributed by atoms with Crippen LogP contribution in [0.4, 0.5) is 0 Å². The summed E-state index contributed by atoms with van der Waals surface area (Å²) in [6, 6.07) is 9.30. The average Bonchev–Trinajstić information content (AvgIpc) is 3.26. The van der Waals surface area contributed by atoms with E-state index in [2.05, 4.69) is 38.1 Å². The second-order valence-corrected chi connectivity index (χ2v) is 34.6. The van der Waals surface area contributed by atoms with Gasteiger partial charge in [-0.25, -0.2) is 0 Å². The Kier molecular flexibility index (Phi) is 10.6. The van der Waals surface area contributed by atoms with E-state index in [4.69, 9.17) is 0 Å². The van der Waals surface area contributed by atoms with E-state index in [1.54, 1.807) is 0 Å². The fraction of sp³-hybridized carbons (Fsp3) is 0.667. The van der Waals surface area contributed by atoms with Gasteiger partial charge in [0.05, 0.1) is 0 Å². The van der Waals surface area contributed by atoms with Gasteiger partial charge in [-0.05, 0) is 0 Å². The van der Waals surface area contributed by atoms with Crippen molar-refractivity contribution in [1.82, 2.24) is 0 Å². The van der Waals surface area contributed by atoms with Gasteiger partial charge in [0, 0.05) is 0 Å². The number of rotatable bonds is 6. The van der Waals surface area contributed by atoms with Gasteiger partial charge in [0.1, 0.15) is 0 Å². The van der Waals surface area contributed by atoms with Gasteiger partial charge < -0.3 is 0 Å². The van der Waals surface area contributed by atoms with E-state index in [0.29, 0.717) is 37.7 Å². The maximum absolute atomic E-state index is 11.6. The van der Waals surface area contributed by atoms with Crippen molar-refractivity contribution in [3.8, 4) is 11.5 Å². The quantitative estimate of drug-likeness (QED) is 0.288. The molecule has 1 heterocycles. The molecule has 1 aliphatic heterocycles. The van der Waals surface area contributed by atoms with Crippen molar-refractivity contribution < 1.29 is 29.1 Å². The third-order valence-corrected chi connectivity index (χ3v) is 39.7. The van der Waals surface area contributed by atoms with E-state index < -0.39 is 18.9 Å². The predicted octanol–water partition coefficient (Wildman–Crippen LogP) is 11.1. The van der Waals surface area contributed by atoms with Gasteiger partial charge >= 0.3 is 263 Å². The molecule has 41 heavy (non-hydrogen) atoms. The molecule has 6 rings (SSSR count). The van der Waals surface area contributed by atoms with Crippen LogP contribution >= 0.6 is 14.4 Å². The van der Waals surface area contributed by atoms with E-state index in [0.717, 1.165) is 22.0 Å². The van der Waals surface area contributed by atoms with Gasteiger partial charge in [-0.3, -0.25) is 0 Å². The summed E-state index contributed by atoms with van der Waals surface area (Å²) in [5.41, 5.74) is 7.80. The minimum absolute atomic E-state index is 0.494. The molecule has 2 aromatic rings. The first-order valence-corrected chi connectivity index (χ1v) is 28.5. The standard InChI is InChI=1S/C36H52O2S2.Hf/c1-25-19-29(35(37)31(21-25)27-13-7-5-8-14-27)23-39-33-17-11-3-4-12-18-34(33)40-24-30-20-26(2)22-32(36(30)38)28-15-9-6-10-16-28;/h19-22,27-28,33-34,37-38H,3-18,23-24H2,1-2H3;/t33-,34?;/m0./s1. The fourth-order valence-corrected chi connectivity index (χ4v) is 47.4. The molecular formula is C36H52HfO2S2. The minimum atomic E-state index is -0.965. The molecule has 4 atom stereocenters. The Bertz CT molecular complexity index is 1220. The van der Waals surface area contributed by atoms with Crippen molar-refractivity contribution in [1.29, 1.82) is 0 Å². The summed E-state index contributed by atoms with van der Waals surface area (Å²) >= 11 is -0.965. The number of aryl methyl sites for hydroxylation is 2. The molecule has 3 saturated carbocycles. The Balaban J connectivity index is 1.34. The zero-order chi connectivity index (χ0) is 28.3. The number of fused-ring (bicyclic) bond motifs is 1. The molecule has 2 aromatic carbocycles. The number of benzene rings is 2. The molecule has 3 fully saturated rings. The number of aromatic hydroxyl groups is 2. The predicted molar refractivity (Wildman–Crippen MR) is 175 cm³/mol. The molecule has 0 spiro atoms. The van der Waals surface area contributed by atoms with E-state index in [9.17, 15) is 10.2 Å². The molecule has 0 saturated heterocycles. The summed E-state index contributed by atoms with van der Waals surface area (Å²) in [6.07, 6.45) is 21.4. The van der Waals surface area contributed by atoms with Crippen LogP contribution in [0.15, 0.2) is 24.3 Å². The van der Waals surface area contributed by atoms with Gasteiger partial charge in [-0.1, -0.05) is 0 Å². The molecule has 3 aliphatic carbocycles. The van der Waals surface area contributed by atoms with E-state index in [-0.39, 0.29) is 0 Å². The van der Waals surface area contributed by atoms with Crippen LogP contribution in [0.3, 0.4) is 0 Å². The number of hydrogen-bond acceptors (Lipinski definition) is 2. The molecule has 224 valence electrons. The SMILES string of the molecule is Cc1cc(C[S]2=[Hf]=[S](Cc3cc(C)cc(C4CCCCC4)c3O)[C@H]3CCCCCCC32)c(O)c(C2CCCCC2)c1. The summed E-state index contributed by atoms with van der Waals surface area (Å²) in [7, 11) is 0.989. The summed E-state index contributed by atoms with van der Waals surface area (Å²) in [6.45, 7) is 4.51. The second kappa shape index (κ2) is 14.1. The van der Waals surface area contributed by atoms with Crippen LogP contribution in [0.25, 0.3) is 0 Å². The molecule has 5 heteroatoms. The monoisotopic (exact) mass is 760 g/mol. The third-order valence-electron chi connectivity index (χ3n) is 10.5. The van der Waals surface area contributed by atoms with Crippen LogP contribution in [0, 0.1) is 13.8 Å². The van der Waals surface area contributed by atoms with Crippen molar-refractivity contribution in [2.45, 2.75) is 150 Å². The Hall–Kier alpha value is -0.390. The Morgan fingerprint density at radius 1 is 0.561 bits per heavy atom. The summed E-state index contributed by atoms with van der Waals surface area (Å²) in [5, 5.41) is 25.0. The van der Waals surface area contributed by atoms with E-state index in [1.807, 2.05) is 0 Å². The van der Waals surface area contributed by atoms with Crippen molar-refractivity contribution in [3.05, 3.63) is 57.6 Å². The normalized spacial score (nSPS) is 27.9. The first kappa shape index (κ1) is 30.6. The van der Waals surface area contributed by atoms with Gasteiger partial charge in [0.15, 0.2) is 0 Å². The van der Waals surface area contributed by atoms with Crippen LogP contribution < -0.4 is 0 Å². The number of phenols is 2. The molecule has 0 aromatic heterocycles. The number of hydrogen-bond donors (Lipinski definition) is 2. The fourth-order valence-electron chi connectivity index (χ4n) is 8.37. The summed E-state index contributed by atoms with van der Waals surface area (Å²) < 4.78 is 0. The van der Waals surface area contributed by atoms with Crippen LogP contribution in [0.5, 0.6) is 11.5 Å². The number of phenolic OH excluding ortho intramolecular Hbond substituents is 2. The van der Waals surface area contributed by atoms with Crippen molar-refractivity contribution in [2.24, 2.45) is 0 Å².